The van der Waals surface area contributed by atoms with Gasteiger partial charge in [0.15, 0.2) is 0 Å². The Morgan fingerprint density at radius 2 is 2.14 bits per heavy atom. The van der Waals surface area contributed by atoms with Gasteiger partial charge in [0.1, 0.15) is 0 Å². The average molecular weight is 314 g/mol. The SMILES string of the molecule is COC(=O)c1ccc(CN2CCC(C(C)N)CC2)nc1.Cl. The molecule has 0 aliphatic carbocycles. The van der Waals surface area contributed by atoms with Gasteiger partial charge in [-0.15, -0.1) is 12.4 Å². The lowest BCUT2D eigenvalue weighted by atomic mass is 9.91. The third kappa shape index (κ3) is 4.95. The van der Waals surface area contributed by atoms with Gasteiger partial charge in [0.2, 0.25) is 0 Å². The normalized spacial score (nSPS) is 17.9. The van der Waals surface area contributed by atoms with Crippen molar-refractivity contribution >= 4 is 18.4 Å². The molecule has 0 amide bonds. The zero-order valence-electron chi connectivity index (χ0n) is 12.6. The van der Waals surface area contributed by atoms with Crippen LogP contribution in [0, 0.1) is 5.92 Å². The number of esters is 1. The van der Waals surface area contributed by atoms with E-state index in [4.69, 9.17) is 5.73 Å². The number of aromatic nitrogens is 1. The first kappa shape index (κ1) is 17.9. The van der Waals surface area contributed by atoms with Gasteiger partial charge < -0.3 is 10.5 Å². The lowest BCUT2D eigenvalue weighted by Crippen LogP contribution is -2.39. The number of hydrogen-bond acceptors (Lipinski definition) is 5. The second kappa shape index (κ2) is 8.32. The van der Waals surface area contributed by atoms with Gasteiger partial charge in [-0.3, -0.25) is 9.88 Å². The van der Waals surface area contributed by atoms with Crippen molar-refractivity contribution in [2.75, 3.05) is 20.2 Å². The average Bonchev–Trinajstić information content (AvgIpc) is 2.48. The molecule has 1 aromatic heterocycles. The molecule has 0 spiro atoms. The third-order valence-electron chi connectivity index (χ3n) is 4.01. The summed E-state index contributed by atoms with van der Waals surface area (Å²) in [6.45, 7) is 5.04. The lowest BCUT2D eigenvalue weighted by molar-refractivity contribution is 0.0600. The van der Waals surface area contributed by atoms with E-state index >= 15 is 0 Å². The standard InChI is InChI=1S/C15H23N3O2.ClH/c1-11(16)12-5-7-18(8-6-12)10-14-4-3-13(9-17-14)15(19)20-2;/h3-4,9,11-12H,5-8,10,16H2,1-2H3;1H. The fraction of sp³-hybridized carbons (Fsp3) is 0.600. The predicted octanol–water partition coefficient (Wildman–Crippen LogP) is 1.85. The number of rotatable bonds is 4. The molecule has 0 radical (unpaired) electrons. The summed E-state index contributed by atoms with van der Waals surface area (Å²) >= 11 is 0. The van der Waals surface area contributed by atoms with E-state index in [9.17, 15) is 4.79 Å². The number of hydrogen-bond donors (Lipinski definition) is 1. The summed E-state index contributed by atoms with van der Waals surface area (Å²) in [6.07, 6.45) is 3.88. The highest BCUT2D eigenvalue weighted by atomic mass is 35.5. The fourth-order valence-electron chi connectivity index (χ4n) is 2.62. The minimum Gasteiger partial charge on any atom is -0.465 e. The van der Waals surface area contributed by atoms with Gasteiger partial charge in [-0.1, -0.05) is 0 Å². The van der Waals surface area contributed by atoms with Gasteiger partial charge in [-0.25, -0.2) is 4.79 Å². The number of nitrogens with two attached hydrogens (primary N) is 1. The van der Waals surface area contributed by atoms with Gasteiger partial charge in [-0.2, -0.15) is 0 Å². The molecule has 1 aliphatic rings. The largest absolute Gasteiger partial charge is 0.465 e. The second-order valence-electron chi connectivity index (χ2n) is 5.50. The summed E-state index contributed by atoms with van der Waals surface area (Å²) in [4.78, 5) is 18.0. The Balaban J connectivity index is 0.00000220. The van der Waals surface area contributed by atoms with Crippen molar-refractivity contribution in [1.82, 2.24) is 9.88 Å². The highest BCUT2D eigenvalue weighted by molar-refractivity contribution is 5.88. The smallest absolute Gasteiger partial charge is 0.339 e. The molecule has 21 heavy (non-hydrogen) atoms. The molecule has 0 saturated carbocycles. The van der Waals surface area contributed by atoms with E-state index in [1.165, 1.54) is 7.11 Å². The van der Waals surface area contributed by atoms with Gasteiger partial charge in [-0.05, 0) is 50.9 Å². The van der Waals surface area contributed by atoms with Crippen molar-refractivity contribution < 1.29 is 9.53 Å². The Labute approximate surface area is 132 Å². The summed E-state index contributed by atoms with van der Waals surface area (Å²) in [5, 5.41) is 0. The number of ether oxygens (including phenoxy) is 1. The first-order chi connectivity index (χ1) is 9.60. The van der Waals surface area contributed by atoms with Crippen LogP contribution in [-0.4, -0.2) is 42.1 Å². The van der Waals surface area contributed by atoms with Crippen LogP contribution < -0.4 is 5.73 Å². The molecule has 6 heteroatoms. The summed E-state index contributed by atoms with van der Waals surface area (Å²) in [5.41, 5.74) is 7.42. The number of halogens is 1. The van der Waals surface area contributed by atoms with Crippen molar-refractivity contribution in [1.29, 1.82) is 0 Å². The molecule has 1 atom stereocenters. The maximum Gasteiger partial charge on any atom is 0.339 e. The second-order valence-corrected chi connectivity index (χ2v) is 5.50. The van der Waals surface area contributed by atoms with Crippen LogP contribution in [0.1, 0.15) is 35.8 Å². The molecule has 118 valence electrons. The van der Waals surface area contributed by atoms with Crippen LogP contribution in [0.5, 0.6) is 0 Å². The molecule has 1 saturated heterocycles. The van der Waals surface area contributed by atoms with E-state index in [1.807, 2.05) is 6.07 Å². The quantitative estimate of drug-likeness (QED) is 0.859. The predicted molar refractivity (Wildman–Crippen MR) is 84.5 cm³/mol. The minimum atomic E-state index is -0.346. The summed E-state index contributed by atoms with van der Waals surface area (Å²) in [7, 11) is 1.37. The Bertz CT molecular complexity index is 443. The first-order valence-corrected chi connectivity index (χ1v) is 7.11. The van der Waals surface area contributed by atoms with Crippen molar-refractivity contribution in [3.8, 4) is 0 Å². The number of nitrogens with zero attached hydrogens (tertiary/aromatic N) is 2. The van der Waals surface area contributed by atoms with Crippen LogP contribution >= 0.6 is 12.4 Å². The Morgan fingerprint density at radius 1 is 1.48 bits per heavy atom. The van der Waals surface area contributed by atoms with Crippen molar-refractivity contribution in [2.24, 2.45) is 11.7 Å². The summed E-state index contributed by atoms with van der Waals surface area (Å²) in [6, 6.07) is 3.95. The van der Waals surface area contributed by atoms with Crippen LogP contribution in [0.3, 0.4) is 0 Å². The van der Waals surface area contributed by atoms with Crippen molar-refractivity contribution in [3.05, 3.63) is 29.6 Å². The molecule has 2 heterocycles. The summed E-state index contributed by atoms with van der Waals surface area (Å²) in [5.74, 6) is 0.294. The molecular formula is C15H24ClN3O2. The summed E-state index contributed by atoms with van der Waals surface area (Å²) < 4.78 is 4.66. The van der Waals surface area contributed by atoms with E-state index in [2.05, 4.69) is 21.5 Å². The molecule has 2 N–H and O–H groups in total. The lowest BCUT2D eigenvalue weighted by Gasteiger charge is -2.33. The number of likely N-dealkylation sites (tertiary alicyclic amines) is 1. The Kier molecular flexibility index (Phi) is 7.08. The van der Waals surface area contributed by atoms with Crippen LogP contribution in [0.2, 0.25) is 0 Å². The third-order valence-corrected chi connectivity index (χ3v) is 4.01. The molecule has 1 fully saturated rings. The van der Waals surface area contributed by atoms with Gasteiger partial charge in [0.05, 0.1) is 18.4 Å². The zero-order chi connectivity index (χ0) is 14.5. The van der Waals surface area contributed by atoms with Crippen LogP contribution in [-0.2, 0) is 11.3 Å². The molecule has 1 unspecified atom stereocenters. The van der Waals surface area contributed by atoms with Crippen molar-refractivity contribution in [3.63, 3.8) is 0 Å². The molecule has 2 rings (SSSR count). The monoisotopic (exact) mass is 313 g/mol. The molecule has 1 aromatic rings. The number of piperidine rings is 1. The highest BCUT2D eigenvalue weighted by Gasteiger charge is 2.22. The molecular weight excluding hydrogens is 290 g/mol. The van der Waals surface area contributed by atoms with E-state index in [-0.39, 0.29) is 24.4 Å². The Hall–Kier alpha value is -1.17. The fourth-order valence-corrected chi connectivity index (χ4v) is 2.62. The van der Waals surface area contributed by atoms with Crippen LogP contribution in [0.4, 0.5) is 0 Å². The number of pyridine rings is 1. The van der Waals surface area contributed by atoms with E-state index in [1.54, 1.807) is 12.3 Å². The first-order valence-electron chi connectivity index (χ1n) is 7.11. The highest BCUT2D eigenvalue weighted by Crippen LogP contribution is 2.20. The van der Waals surface area contributed by atoms with Gasteiger partial charge >= 0.3 is 5.97 Å². The number of carbonyl (C=O) groups is 1. The molecule has 0 bridgehead atoms. The zero-order valence-corrected chi connectivity index (χ0v) is 13.4. The van der Waals surface area contributed by atoms with Gasteiger partial charge in [0, 0.05) is 18.8 Å². The van der Waals surface area contributed by atoms with Gasteiger partial charge in [0.25, 0.3) is 0 Å². The number of carbonyl (C=O) groups excluding carboxylic acids is 1. The Morgan fingerprint density at radius 3 is 2.62 bits per heavy atom. The molecule has 1 aliphatic heterocycles. The minimum absolute atomic E-state index is 0. The number of methoxy groups -OCH3 is 1. The van der Waals surface area contributed by atoms with E-state index in [0.29, 0.717) is 11.5 Å². The maximum atomic E-state index is 11.3. The topological polar surface area (TPSA) is 68.5 Å². The molecule has 0 aromatic carbocycles. The molecule has 5 nitrogen and oxygen atoms in total. The van der Waals surface area contributed by atoms with E-state index < -0.39 is 0 Å². The van der Waals surface area contributed by atoms with Crippen LogP contribution in [0.15, 0.2) is 18.3 Å². The van der Waals surface area contributed by atoms with E-state index in [0.717, 1.165) is 38.2 Å². The van der Waals surface area contributed by atoms with Crippen LogP contribution in [0.25, 0.3) is 0 Å². The van der Waals surface area contributed by atoms with Crippen molar-refractivity contribution in [2.45, 2.75) is 32.4 Å². The maximum absolute atomic E-state index is 11.3.